The van der Waals surface area contributed by atoms with Crippen LogP contribution in [0.1, 0.15) is 121 Å². The number of nitrogens with zero attached hydrogens (tertiary/aromatic N) is 2. The third-order valence-electron chi connectivity index (χ3n) is 7.69. The predicted molar refractivity (Wildman–Crippen MR) is 234 cm³/mol. The number of alkyl carbamates (subject to hydrolysis) is 1. The number of hydrogen-bond donors (Lipinski definition) is 3. The highest BCUT2D eigenvalue weighted by molar-refractivity contribution is 6.06. The minimum Gasteiger partial charge on any atom is -0.480 e. The lowest BCUT2D eigenvalue weighted by molar-refractivity contribution is -0.160. The van der Waals surface area contributed by atoms with Gasteiger partial charge in [-0.2, -0.15) is 0 Å². The Morgan fingerprint density at radius 2 is 1.23 bits per heavy atom. The van der Waals surface area contributed by atoms with Gasteiger partial charge in [0.2, 0.25) is 5.96 Å². The van der Waals surface area contributed by atoms with E-state index in [1.807, 2.05) is 0 Å². The van der Waals surface area contributed by atoms with Crippen molar-refractivity contribution in [2.24, 2.45) is 4.99 Å². The zero-order valence-corrected chi connectivity index (χ0v) is 38.3. The van der Waals surface area contributed by atoms with Crippen LogP contribution in [-0.2, 0) is 46.4 Å². The number of aliphatic imine (C=N–C) groups is 1. The van der Waals surface area contributed by atoms with Crippen LogP contribution in [-0.4, -0.2) is 86.6 Å². The molecule has 18 nitrogen and oxygen atoms in total. The average molecular weight is 891 g/mol. The van der Waals surface area contributed by atoms with Gasteiger partial charge in [-0.25, -0.2) is 28.8 Å². The van der Waals surface area contributed by atoms with E-state index in [-0.39, 0.29) is 36.0 Å². The summed E-state index contributed by atoms with van der Waals surface area (Å²) in [5.74, 6) is -3.84. The molecule has 3 aromatic carbocycles. The quantitative estimate of drug-likeness (QED) is 0.0509. The number of esters is 3. The Kier molecular flexibility index (Phi) is 17.2. The Labute approximate surface area is 372 Å². The number of ether oxygens (including phenoxy) is 6. The predicted octanol–water partition coefficient (Wildman–Crippen LogP) is 8.41. The van der Waals surface area contributed by atoms with Gasteiger partial charge in [0.15, 0.2) is 0 Å². The Bertz CT molecular complexity index is 2190. The van der Waals surface area contributed by atoms with E-state index >= 15 is 0 Å². The Hall–Kier alpha value is -6.98. The zero-order valence-electron chi connectivity index (χ0n) is 38.3. The molecule has 3 rings (SSSR count). The molecule has 18 heteroatoms. The lowest BCUT2D eigenvalue weighted by Gasteiger charge is -2.29. The zero-order chi connectivity index (χ0) is 48.2. The molecule has 0 saturated carbocycles. The first-order valence-corrected chi connectivity index (χ1v) is 20.2. The minimum atomic E-state index is -1.71. The maximum absolute atomic E-state index is 13.7. The summed E-state index contributed by atoms with van der Waals surface area (Å²) in [6.45, 7) is 19.3. The molecule has 64 heavy (non-hydrogen) atoms. The monoisotopic (exact) mass is 890 g/mol. The van der Waals surface area contributed by atoms with Gasteiger partial charge in [0, 0.05) is 12.2 Å². The molecule has 3 N–H and O–H groups in total. The Morgan fingerprint density at radius 1 is 0.656 bits per heavy atom. The van der Waals surface area contributed by atoms with E-state index in [9.17, 15) is 38.7 Å². The molecule has 0 spiro atoms. The first kappa shape index (κ1) is 51.4. The number of carboxylic acids is 1. The van der Waals surface area contributed by atoms with Crippen LogP contribution in [0.25, 0.3) is 0 Å². The van der Waals surface area contributed by atoms with Gasteiger partial charge < -0.3 is 38.8 Å². The summed E-state index contributed by atoms with van der Waals surface area (Å²) in [6, 6.07) is 16.2. The van der Waals surface area contributed by atoms with Gasteiger partial charge in [-0.05, 0) is 143 Å². The first-order valence-electron chi connectivity index (χ1n) is 20.2. The van der Waals surface area contributed by atoms with E-state index < -0.39 is 77.0 Å². The molecule has 0 heterocycles. The third kappa shape index (κ3) is 19.0. The molecule has 0 saturated heterocycles. The molecule has 0 unspecified atom stereocenters. The van der Waals surface area contributed by atoms with Crippen LogP contribution < -0.4 is 15.4 Å². The largest absolute Gasteiger partial charge is 0.480 e. The number of nitrogens with one attached hydrogen (secondary N) is 2. The number of rotatable bonds is 12. The van der Waals surface area contributed by atoms with Crippen molar-refractivity contribution in [1.29, 1.82) is 0 Å². The second kappa shape index (κ2) is 21.4. The van der Waals surface area contributed by atoms with Crippen molar-refractivity contribution in [2.45, 2.75) is 131 Å². The number of hydrogen-bond acceptors (Lipinski definition) is 13. The minimum absolute atomic E-state index is 0.144. The van der Waals surface area contributed by atoms with E-state index in [0.717, 1.165) is 4.90 Å². The molecule has 346 valence electrons. The summed E-state index contributed by atoms with van der Waals surface area (Å²) in [6.07, 6.45) is -3.62. The number of anilines is 1. The number of carbonyl (C=O) groups excluding carboxylic acids is 6. The second-order valence-electron chi connectivity index (χ2n) is 18.3. The molecule has 0 bridgehead atoms. The third-order valence-corrected chi connectivity index (χ3v) is 7.69. The molecule has 0 radical (unpaired) electrons. The number of guanidine groups is 1. The van der Waals surface area contributed by atoms with Crippen molar-refractivity contribution in [3.63, 3.8) is 0 Å². The maximum atomic E-state index is 13.7. The van der Waals surface area contributed by atoms with E-state index in [2.05, 4.69) is 15.6 Å². The molecule has 0 aliphatic carbocycles. The molecule has 1 atom stereocenters. The van der Waals surface area contributed by atoms with Crippen LogP contribution in [0.2, 0.25) is 0 Å². The smallest absolute Gasteiger partial charge is 0.437 e. The summed E-state index contributed by atoms with van der Waals surface area (Å²) >= 11 is 0. The van der Waals surface area contributed by atoms with Crippen LogP contribution in [0.3, 0.4) is 0 Å². The van der Waals surface area contributed by atoms with E-state index in [4.69, 9.17) is 28.4 Å². The molecule has 3 aromatic rings. The summed E-state index contributed by atoms with van der Waals surface area (Å²) in [4.78, 5) is 94.4. The molecule has 3 amide bonds. The van der Waals surface area contributed by atoms with Gasteiger partial charge in [-0.3, -0.25) is 15.0 Å². The lowest BCUT2D eigenvalue weighted by atomic mass is 10.1. The van der Waals surface area contributed by atoms with Crippen molar-refractivity contribution in [3.05, 3.63) is 95.1 Å². The highest BCUT2D eigenvalue weighted by atomic mass is 16.6. The molecular weight excluding hydrogens is 833 g/mol. The fourth-order valence-electron chi connectivity index (χ4n) is 5.24. The maximum Gasteiger partial charge on any atom is 0.437 e. The number of benzene rings is 3. The molecular formula is C46H58N4O14. The van der Waals surface area contributed by atoms with E-state index in [0.29, 0.717) is 16.8 Å². The lowest BCUT2D eigenvalue weighted by Crippen LogP contribution is -2.46. The average Bonchev–Trinajstić information content (AvgIpc) is 3.13. The second-order valence-corrected chi connectivity index (χ2v) is 18.3. The number of carbonyl (C=O) groups is 7. The van der Waals surface area contributed by atoms with Crippen LogP contribution in [0.15, 0.2) is 77.8 Å². The molecule has 0 aliphatic heterocycles. The molecule has 0 aliphatic rings. The van der Waals surface area contributed by atoms with Gasteiger partial charge in [0.25, 0.3) is 0 Å². The van der Waals surface area contributed by atoms with Gasteiger partial charge >= 0.3 is 42.2 Å². The van der Waals surface area contributed by atoms with Crippen molar-refractivity contribution in [1.82, 2.24) is 10.2 Å². The normalized spacial score (nSPS) is 12.5. The topological polar surface area (TPSA) is 235 Å². The molecule has 0 fully saturated rings. The highest BCUT2D eigenvalue weighted by Crippen LogP contribution is 2.22. The van der Waals surface area contributed by atoms with Crippen LogP contribution in [0.4, 0.5) is 20.1 Å². The van der Waals surface area contributed by atoms with Crippen LogP contribution in [0.5, 0.6) is 5.75 Å². The van der Waals surface area contributed by atoms with Gasteiger partial charge in [0.05, 0.1) is 17.5 Å². The van der Waals surface area contributed by atoms with Crippen LogP contribution >= 0.6 is 0 Å². The van der Waals surface area contributed by atoms with E-state index in [1.54, 1.807) is 95.2 Å². The Balaban J connectivity index is 1.74. The van der Waals surface area contributed by atoms with Crippen molar-refractivity contribution < 1.29 is 67.1 Å². The number of carboxylic acid groups (broad SMARTS) is 1. The fraction of sp³-hybridized carbons (Fsp3) is 0.435. The summed E-state index contributed by atoms with van der Waals surface area (Å²) in [5, 5.41) is 15.4. The Morgan fingerprint density at radius 3 is 1.78 bits per heavy atom. The first-order chi connectivity index (χ1) is 29.4. The van der Waals surface area contributed by atoms with E-state index in [1.165, 1.54) is 60.7 Å². The van der Waals surface area contributed by atoms with Gasteiger partial charge in [0.1, 0.15) is 40.8 Å². The molecule has 0 aromatic heterocycles. The standard InChI is InChI=1S/C46H58N4O14/c1-43(2,3)61-35(51)25-34(36(52)53)50(26-29-14-13-15-31(24-29)38(55)62-44(4,5)6)42(58)59-27-28-16-22-33(23-17-28)60-37(54)30-18-20-32(21-19-30)47-39(48-40(56)63-45(7,8)9)49-41(57)64-46(10,11)12/h13-24,34H,25-27H2,1-12H3,(H,52,53)(H2,47,48,49,56,57)/t34-/m0/s1. The fourth-order valence-corrected chi connectivity index (χ4v) is 5.24. The van der Waals surface area contributed by atoms with Crippen molar-refractivity contribution in [2.75, 3.05) is 5.32 Å². The van der Waals surface area contributed by atoms with Gasteiger partial charge in [-0.15, -0.1) is 4.99 Å². The van der Waals surface area contributed by atoms with Crippen molar-refractivity contribution >= 4 is 53.8 Å². The summed E-state index contributed by atoms with van der Waals surface area (Å²) < 4.78 is 32.3. The number of aliphatic carboxylic acids is 1. The SMILES string of the molecule is CC(C)(C)OC(=O)C[C@@H](C(=O)O)N(Cc1cccc(C(=O)OC(C)(C)C)c1)C(=O)OCc1ccc(OC(=O)c2ccc(N/C(=N\C(=O)OC(C)(C)C)NC(=O)OC(C)(C)C)cc2)cc1. The van der Waals surface area contributed by atoms with Crippen LogP contribution in [0, 0.1) is 0 Å². The number of amides is 3. The highest BCUT2D eigenvalue weighted by Gasteiger charge is 2.35. The summed E-state index contributed by atoms with van der Waals surface area (Å²) in [7, 11) is 0. The summed E-state index contributed by atoms with van der Waals surface area (Å²) in [5.41, 5.74) is -1.94. The van der Waals surface area contributed by atoms with Gasteiger partial charge in [-0.1, -0.05) is 24.3 Å². The van der Waals surface area contributed by atoms with Crippen molar-refractivity contribution in [3.8, 4) is 5.75 Å².